The van der Waals surface area contributed by atoms with E-state index in [1.54, 1.807) is 11.3 Å². The van der Waals surface area contributed by atoms with Crippen LogP contribution < -0.4 is 10.2 Å². The van der Waals surface area contributed by atoms with Gasteiger partial charge in [0, 0.05) is 25.0 Å². The molecule has 1 aliphatic rings. The minimum absolute atomic E-state index is 0.112. The highest BCUT2D eigenvalue weighted by atomic mass is 79.9. The first-order chi connectivity index (χ1) is 12.1. The summed E-state index contributed by atoms with van der Waals surface area (Å²) in [6.07, 6.45) is 2.69. The highest BCUT2D eigenvalue weighted by Crippen LogP contribution is 2.30. The van der Waals surface area contributed by atoms with E-state index in [9.17, 15) is 4.79 Å². The minimum atomic E-state index is 0.112. The molecule has 0 bridgehead atoms. The summed E-state index contributed by atoms with van der Waals surface area (Å²) in [7, 11) is 0. The van der Waals surface area contributed by atoms with E-state index in [0.717, 1.165) is 52.5 Å². The number of hydrogen-bond acceptors (Lipinski definition) is 5. The van der Waals surface area contributed by atoms with Crippen LogP contribution in [0.2, 0.25) is 0 Å². The molecule has 7 heteroatoms. The number of piperidine rings is 1. The number of amides is 1. The third-order valence-electron chi connectivity index (χ3n) is 4.67. The third-order valence-corrected chi connectivity index (χ3v) is 6.31. The number of rotatable bonds is 5. The van der Waals surface area contributed by atoms with Crippen LogP contribution in [0.1, 0.15) is 33.1 Å². The standard InChI is InChI=1S/C18H23BrN4OS/c1-3-12(2)20-18(24)13-8-10-23(11-9-13)17-7-4-14(21-22-17)15-5-6-16(19)25-15/h4-7,12-13H,3,8-11H2,1-2H3,(H,20,24). The van der Waals surface area contributed by atoms with Crippen LogP contribution in [0.3, 0.4) is 0 Å². The molecule has 0 aromatic carbocycles. The summed E-state index contributed by atoms with van der Waals surface area (Å²) in [6, 6.07) is 8.35. The maximum Gasteiger partial charge on any atom is 0.223 e. The Hall–Kier alpha value is -1.47. The van der Waals surface area contributed by atoms with E-state index in [-0.39, 0.29) is 17.9 Å². The van der Waals surface area contributed by atoms with Crippen molar-refractivity contribution in [2.24, 2.45) is 5.92 Å². The Balaban J connectivity index is 1.57. The molecular weight excluding hydrogens is 400 g/mol. The van der Waals surface area contributed by atoms with E-state index >= 15 is 0 Å². The number of nitrogens with one attached hydrogen (secondary N) is 1. The molecule has 1 aliphatic heterocycles. The number of anilines is 1. The average molecular weight is 423 g/mol. The van der Waals surface area contributed by atoms with Gasteiger partial charge in [-0.05, 0) is 66.4 Å². The van der Waals surface area contributed by atoms with E-state index in [1.165, 1.54) is 0 Å². The van der Waals surface area contributed by atoms with Crippen molar-refractivity contribution in [2.75, 3.05) is 18.0 Å². The Morgan fingerprint density at radius 3 is 2.64 bits per heavy atom. The van der Waals surface area contributed by atoms with Gasteiger partial charge in [-0.15, -0.1) is 21.5 Å². The Labute approximate surface area is 161 Å². The van der Waals surface area contributed by atoms with Crippen molar-refractivity contribution in [3.05, 3.63) is 28.1 Å². The molecule has 1 unspecified atom stereocenters. The number of carbonyl (C=O) groups is 1. The van der Waals surface area contributed by atoms with Gasteiger partial charge in [0.15, 0.2) is 5.82 Å². The molecule has 0 saturated carbocycles. The summed E-state index contributed by atoms with van der Waals surface area (Å²) in [5, 5.41) is 11.8. The quantitative estimate of drug-likeness (QED) is 0.787. The molecule has 2 aromatic heterocycles. The molecule has 1 N–H and O–H groups in total. The fraction of sp³-hybridized carbons (Fsp3) is 0.500. The van der Waals surface area contributed by atoms with Crippen LogP contribution in [0.25, 0.3) is 10.6 Å². The first-order valence-corrected chi connectivity index (χ1v) is 10.3. The van der Waals surface area contributed by atoms with Crippen LogP contribution in [-0.2, 0) is 4.79 Å². The topological polar surface area (TPSA) is 58.1 Å². The zero-order chi connectivity index (χ0) is 17.8. The molecule has 1 atom stereocenters. The van der Waals surface area contributed by atoms with Crippen molar-refractivity contribution in [2.45, 2.75) is 39.2 Å². The van der Waals surface area contributed by atoms with Gasteiger partial charge in [0.2, 0.25) is 5.91 Å². The molecule has 3 rings (SSSR count). The molecule has 2 aromatic rings. The second-order valence-corrected chi connectivity index (χ2v) is 8.92. The third kappa shape index (κ3) is 4.58. The van der Waals surface area contributed by atoms with Gasteiger partial charge in [0.1, 0.15) is 5.69 Å². The lowest BCUT2D eigenvalue weighted by atomic mass is 9.95. The zero-order valence-corrected chi connectivity index (χ0v) is 16.9. The maximum absolute atomic E-state index is 12.3. The highest BCUT2D eigenvalue weighted by Gasteiger charge is 2.26. The summed E-state index contributed by atoms with van der Waals surface area (Å²) in [4.78, 5) is 15.6. The second kappa shape index (κ2) is 8.27. The molecule has 134 valence electrons. The molecular formula is C18H23BrN4OS. The first-order valence-electron chi connectivity index (χ1n) is 8.71. The largest absolute Gasteiger partial charge is 0.355 e. The number of nitrogens with zero attached hydrogens (tertiary/aromatic N) is 3. The van der Waals surface area contributed by atoms with E-state index in [4.69, 9.17) is 0 Å². The highest BCUT2D eigenvalue weighted by molar-refractivity contribution is 9.11. The first kappa shape index (κ1) is 18.3. The molecule has 1 saturated heterocycles. The lowest BCUT2D eigenvalue weighted by molar-refractivity contribution is -0.126. The number of carbonyl (C=O) groups excluding carboxylic acids is 1. The van der Waals surface area contributed by atoms with Crippen LogP contribution in [-0.4, -0.2) is 35.2 Å². The normalized spacial score (nSPS) is 16.7. The Morgan fingerprint density at radius 1 is 1.32 bits per heavy atom. The van der Waals surface area contributed by atoms with Gasteiger partial charge in [-0.25, -0.2) is 0 Å². The summed E-state index contributed by atoms with van der Waals surface area (Å²) < 4.78 is 1.09. The lowest BCUT2D eigenvalue weighted by Crippen LogP contribution is -2.43. The van der Waals surface area contributed by atoms with Crippen molar-refractivity contribution >= 4 is 39.0 Å². The van der Waals surface area contributed by atoms with Gasteiger partial charge in [-0.1, -0.05) is 6.92 Å². The smallest absolute Gasteiger partial charge is 0.223 e. The Kier molecular flexibility index (Phi) is 6.06. The predicted octanol–water partition coefficient (Wildman–Crippen LogP) is 4.10. The van der Waals surface area contributed by atoms with Crippen molar-refractivity contribution in [3.8, 4) is 10.6 Å². The molecule has 0 radical (unpaired) electrons. The van der Waals surface area contributed by atoms with Crippen LogP contribution in [0.15, 0.2) is 28.1 Å². The number of hydrogen-bond donors (Lipinski definition) is 1. The van der Waals surface area contributed by atoms with Gasteiger partial charge in [0.25, 0.3) is 0 Å². The SMILES string of the molecule is CCC(C)NC(=O)C1CCN(c2ccc(-c3ccc(Br)s3)nn2)CC1. The fourth-order valence-corrected chi connectivity index (χ4v) is 4.26. The van der Waals surface area contributed by atoms with E-state index in [1.807, 2.05) is 24.3 Å². The Bertz CT molecular complexity index is 710. The molecule has 5 nitrogen and oxygen atoms in total. The molecule has 25 heavy (non-hydrogen) atoms. The lowest BCUT2D eigenvalue weighted by Gasteiger charge is -2.32. The van der Waals surface area contributed by atoms with Crippen LogP contribution >= 0.6 is 27.3 Å². The Morgan fingerprint density at radius 2 is 2.08 bits per heavy atom. The molecule has 0 spiro atoms. The zero-order valence-electron chi connectivity index (χ0n) is 14.5. The summed E-state index contributed by atoms with van der Waals surface area (Å²) in [6.45, 7) is 5.83. The van der Waals surface area contributed by atoms with Crippen molar-refractivity contribution in [1.82, 2.24) is 15.5 Å². The predicted molar refractivity (Wildman–Crippen MR) is 106 cm³/mol. The molecule has 3 heterocycles. The fourth-order valence-electron chi connectivity index (χ4n) is 2.91. The monoisotopic (exact) mass is 422 g/mol. The minimum Gasteiger partial charge on any atom is -0.355 e. The van der Waals surface area contributed by atoms with Gasteiger partial charge < -0.3 is 10.2 Å². The number of halogens is 1. The van der Waals surface area contributed by atoms with Crippen LogP contribution in [0, 0.1) is 5.92 Å². The van der Waals surface area contributed by atoms with Crippen LogP contribution in [0.4, 0.5) is 5.82 Å². The average Bonchev–Trinajstić information content (AvgIpc) is 3.08. The summed E-state index contributed by atoms with van der Waals surface area (Å²) in [5.41, 5.74) is 0.891. The maximum atomic E-state index is 12.3. The molecule has 0 aliphatic carbocycles. The molecule has 1 amide bonds. The summed E-state index contributed by atoms with van der Waals surface area (Å²) in [5.74, 6) is 1.19. The van der Waals surface area contributed by atoms with E-state index in [2.05, 4.69) is 50.2 Å². The number of thiophene rings is 1. The van der Waals surface area contributed by atoms with Crippen molar-refractivity contribution in [3.63, 3.8) is 0 Å². The second-order valence-electron chi connectivity index (χ2n) is 6.46. The van der Waals surface area contributed by atoms with Crippen molar-refractivity contribution in [1.29, 1.82) is 0 Å². The van der Waals surface area contributed by atoms with Gasteiger partial charge in [0.05, 0.1) is 8.66 Å². The van der Waals surface area contributed by atoms with E-state index in [0.29, 0.717) is 0 Å². The summed E-state index contributed by atoms with van der Waals surface area (Å²) >= 11 is 5.12. The van der Waals surface area contributed by atoms with Gasteiger partial charge >= 0.3 is 0 Å². The number of aromatic nitrogens is 2. The van der Waals surface area contributed by atoms with Crippen LogP contribution in [0.5, 0.6) is 0 Å². The van der Waals surface area contributed by atoms with Gasteiger partial charge in [-0.3, -0.25) is 4.79 Å². The van der Waals surface area contributed by atoms with Gasteiger partial charge in [-0.2, -0.15) is 0 Å². The van der Waals surface area contributed by atoms with Crippen molar-refractivity contribution < 1.29 is 4.79 Å². The van der Waals surface area contributed by atoms with E-state index < -0.39 is 0 Å². The molecule has 1 fully saturated rings.